The molecule has 0 saturated carbocycles. The Morgan fingerprint density at radius 2 is 1.21 bits per heavy atom. The third-order valence-electron chi connectivity index (χ3n) is 7.93. The zero-order valence-electron chi connectivity index (χ0n) is 24.9. The molecule has 1 unspecified atom stereocenters. The molecule has 5 N–H and O–H groups in total. The summed E-state index contributed by atoms with van der Waals surface area (Å²) in [7, 11) is 0. The molecule has 1 aliphatic carbocycles. The van der Waals surface area contributed by atoms with Crippen LogP contribution in [0.15, 0.2) is 113 Å². The minimum absolute atomic E-state index is 0.0625. The molecular weight excluding hydrogens is 524 g/mol. The van der Waals surface area contributed by atoms with Gasteiger partial charge in [-0.1, -0.05) is 66.3 Å². The Labute approximate surface area is 248 Å². The first-order valence-electron chi connectivity index (χ1n) is 14.1. The van der Waals surface area contributed by atoms with Gasteiger partial charge in [0.05, 0.1) is 5.76 Å². The summed E-state index contributed by atoms with van der Waals surface area (Å²) in [5.41, 5.74) is 7.96. The fourth-order valence-electron chi connectivity index (χ4n) is 5.52. The maximum Gasteiger partial charge on any atom is 0.118 e. The molecule has 4 rings (SSSR count). The van der Waals surface area contributed by atoms with Crippen LogP contribution in [0, 0.1) is 20.8 Å². The Kier molecular flexibility index (Phi) is 9.01. The fraction of sp³-hybridized carbons (Fsp3) is 0.243. The maximum absolute atomic E-state index is 12.0. The van der Waals surface area contributed by atoms with Crippen molar-refractivity contribution in [1.29, 1.82) is 0 Å². The second kappa shape index (κ2) is 12.5. The predicted octanol–water partition coefficient (Wildman–Crippen LogP) is 9.14. The Hall–Kier alpha value is -4.64. The van der Waals surface area contributed by atoms with Crippen LogP contribution in [0.2, 0.25) is 0 Å². The number of phenolic OH excluding ortho intramolecular Hbond substituents is 3. The molecule has 5 nitrogen and oxygen atoms in total. The van der Waals surface area contributed by atoms with E-state index < -0.39 is 5.92 Å². The summed E-state index contributed by atoms with van der Waals surface area (Å²) in [4.78, 5) is 0. The predicted molar refractivity (Wildman–Crippen MR) is 169 cm³/mol. The summed E-state index contributed by atoms with van der Waals surface area (Å²) in [5.74, 6) is 0.222. The van der Waals surface area contributed by atoms with Crippen LogP contribution in [-0.2, 0) is 0 Å². The van der Waals surface area contributed by atoms with Gasteiger partial charge in [-0.05, 0) is 104 Å². The van der Waals surface area contributed by atoms with Gasteiger partial charge in [-0.3, -0.25) is 0 Å². The van der Waals surface area contributed by atoms with Crippen LogP contribution in [-0.4, -0.2) is 25.5 Å². The Morgan fingerprint density at radius 3 is 1.67 bits per heavy atom. The molecule has 42 heavy (non-hydrogen) atoms. The molecule has 0 heterocycles. The lowest BCUT2D eigenvalue weighted by molar-refractivity contribution is 0.378. The first-order chi connectivity index (χ1) is 19.8. The lowest BCUT2D eigenvalue weighted by Crippen LogP contribution is -2.11. The smallest absolute Gasteiger partial charge is 0.118 e. The average Bonchev–Trinajstić information content (AvgIpc) is 2.93. The topological polar surface area (TPSA) is 101 Å². The van der Waals surface area contributed by atoms with Crippen LogP contribution in [0.5, 0.6) is 17.2 Å². The van der Waals surface area contributed by atoms with Crippen molar-refractivity contribution in [2.75, 3.05) is 0 Å². The lowest BCUT2D eigenvalue weighted by Gasteiger charge is -2.26. The molecule has 0 aromatic heterocycles. The van der Waals surface area contributed by atoms with E-state index in [1.54, 1.807) is 18.2 Å². The molecular formula is C37H40O5. The van der Waals surface area contributed by atoms with Crippen LogP contribution in [0.25, 0.3) is 0 Å². The van der Waals surface area contributed by atoms with E-state index in [0.717, 1.165) is 39.0 Å². The first-order valence-corrected chi connectivity index (χ1v) is 14.1. The molecule has 3 aromatic rings. The highest BCUT2D eigenvalue weighted by Crippen LogP contribution is 2.42. The van der Waals surface area contributed by atoms with Crippen molar-refractivity contribution in [2.24, 2.45) is 0 Å². The van der Waals surface area contributed by atoms with E-state index in [1.165, 1.54) is 0 Å². The summed E-state index contributed by atoms with van der Waals surface area (Å²) in [6.45, 7) is 13.4. The van der Waals surface area contributed by atoms with Gasteiger partial charge >= 0.3 is 0 Å². The van der Waals surface area contributed by atoms with Crippen LogP contribution < -0.4 is 0 Å². The quantitative estimate of drug-likeness (QED) is 0.139. The number of rotatable bonds is 8. The Balaban J connectivity index is 1.96. The SMILES string of the molecule is C=C(C)/C=C(\C(O)=C\C(C1=CC(C)=C(O)CC1)c1ccc(O)c(C)c1)C(c1ccc(O)c(C)c1)c1ccc(O)c(C)c1. The van der Waals surface area contributed by atoms with Gasteiger partial charge in [0.1, 0.15) is 23.0 Å². The van der Waals surface area contributed by atoms with Gasteiger partial charge in [-0.2, -0.15) is 0 Å². The average molecular weight is 565 g/mol. The van der Waals surface area contributed by atoms with Crippen LogP contribution >= 0.6 is 0 Å². The molecule has 0 fully saturated rings. The zero-order valence-corrected chi connectivity index (χ0v) is 24.9. The molecule has 218 valence electrons. The van der Waals surface area contributed by atoms with Gasteiger partial charge in [0.15, 0.2) is 0 Å². The molecule has 3 aromatic carbocycles. The van der Waals surface area contributed by atoms with E-state index in [-0.39, 0.29) is 28.9 Å². The maximum atomic E-state index is 12.0. The third kappa shape index (κ3) is 6.63. The molecule has 1 atom stereocenters. The van der Waals surface area contributed by atoms with Crippen LogP contribution in [0.4, 0.5) is 0 Å². The molecule has 0 amide bonds. The molecule has 1 aliphatic rings. The van der Waals surface area contributed by atoms with E-state index in [4.69, 9.17) is 0 Å². The first kappa shape index (κ1) is 30.3. The van der Waals surface area contributed by atoms with Crippen molar-refractivity contribution < 1.29 is 25.5 Å². The molecule has 0 bridgehead atoms. The highest BCUT2D eigenvalue weighted by atomic mass is 16.3. The number of aromatic hydroxyl groups is 3. The van der Waals surface area contributed by atoms with Gasteiger partial charge in [0, 0.05) is 23.8 Å². The van der Waals surface area contributed by atoms with Crippen molar-refractivity contribution in [3.8, 4) is 17.2 Å². The molecule has 0 saturated heterocycles. The van der Waals surface area contributed by atoms with Gasteiger partial charge in [-0.15, -0.1) is 0 Å². The standard InChI is InChI=1S/C37H40O5/c1-21(2)15-31(37(28-9-13-34(40)24(5)18-28)29-10-14-35(41)25(6)19-29)36(42)20-30(26-7-11-32(38)22(3)16-26)27-8-12-33(39)23(4)17-27/h7,9-11,13-20,30,37-42H,1,8,12H2,2-6H3/b31-15+,36-20-. The molecule has 5 heteroatoms. The number of phenols is 3. The third-order valence-corrected chi connectivity index (χ3v) is 7.93. The molecule has 0 spiro atoms. The largest absolute Gasteiger partial charge is 0.512 e. The highest BCUT2D eigenvalue weighted by molar-refractivity contribution is 5.54. The molecule has 0 radical (unpaired) electrons. The number of allylic oxidation sites excluding steroid dienone is 8. The van der Waals surface area contributed by atoms with Crippen LogP contribution in [0.1, 0.15) is 71.9 Å². The Morgan fingerprint density at radius 1 is 0.738 bits per heavy atom. The monoisotopic (exact) mass is 564 g/mol. The number of benzene rings is 3. The highest BCUT2D eigenvalue weighted by Gasteiger charge is 2.26. The minimum Gasteiger partial charge on any atom is -0.512 e. The minimum atomic E-state index is -0.440. The normalized spacial score (nSPS) is 15.1. The van der Waals surface area contributed by atoms with Crippen molar-refractivity contribution >= 4 is 0 Å². The second-order valence-electron chi connectivity index (χ2n) is 11.4. The number of aryl methyl sites for hydroxylation is 3. The van der Waals surface area contributed by atoms with Crippen molar-refractivity contribution in [3.63, 3.8) is 0 Å². The molecule has 0 aliphatic heterocycles. The second-order valence-corrected chi connectivity index (χ2v) is 11.4. The van der Waals surface area contributed by atoms with Crippen LogP contribution in [0.3, 0.4) is 0 Å². The van der Waals surface area contributed by atoms with Crippen molar-refractivity contribution in [2.45, 2.75) is 59.3 Å². The van der Waals surface area contributed by atoms with Gasteiger partial charge in [0.2, 0.25) is 0 Å². The Bertz CT molecular complexity index is 1600. The number of hydrogen-bond acceptors (Lipinski definition) is 5. The lowest BCUT2D eigenvalue weighted by atomic mass is 9.79. The van der Waals surface area contributed by atoms with Gasteiger partial charge in [-0.25, -0.2) is 0 Å². The summed E-state index contributed by atoms with van der Waals surface area (Å²) in [5, 5.41) is 53.1. The van der Waals surface area contributed by atoms with Crippen molar-refractivity contribution in [1.82, 2.24) is 0 Å². The van der Waals surface area contributed by atoms with Gasteiger partial charge < -0.3 is 25.5 Å². The number of aliphatic hydroxyl groups excluding tert-OH is 2. The zero-order chi connectivity index (χ0) is 30.7. The number of aliphatic hydroxyl groups is 2. The summed E-state index contributed by atoms with van der Waals surface area (Å²) in [6.07, 6.45) is 6.80. The number of hydrogen-bond donors (Lipinski definition) is 5. The van der Waals surface area contributed by atoms with E-state index in [1.807, 2.05) is 89.2 Å². The fourth-order valence-corrected chi connectivity index (χ4v) is 5.52. The van der Waals surface area contributed by atoms with E-state index in [0.29, 0.717) is 35.3 Å². The summed E-state index contributed by atoms with van der Waals surface area (Å²) in [6, 6.07) is 16.2. The van der Waals surface area contributed by atoms with E-state index in [2.05, 4.69) is 6.58 Å². The van der Waals surface area contributed by atoms with Gasteiger partial charge in [0.25, 0.3) is 0 Å². The summed E-state index contributed by atoms with van der Waals surface area (Å²) < 4.78 is 0. The van der Waals surface area contributed by atoms with E-state index >= 15 is 0 Å². The van der Waals surface area contributed by atoms with Crippen molar-refractivity contribution in [3.05, 3.63) is 147 Å². The summed E-state index contributed by atoms with van der Waals surface area (Å²) >= 11 is 0. The van der Waals surface area contributed by atoms with E-state index in [9.17, 15) is 25.5 Å².